The molecule has 1 aliphatic carbocycles. The summed E-state index contributed by atoms with van der Waals surface area (Å²) in [5, 5.41) is 5.44. The lowest BCUT2D eigenvalue weighted by Gasteiger charge is -2.44. The number of fused-ring (bicyclic) bond motifs is 1. The first-order valence-electron chi connectivity index (χ1n) is 24.2. The van der Waals surface area contributed by atoms with E-state index in [1.807, 2.05) is 32.6 Å². The van der Waals surface area contributed by atoms with Crippen molar-refractivity contribution in [2.45, 2.75) is 109 Å². The smallest absolute Gasteiger partial charge is 0.453 e. The van der Waals surface area contributed by atoms with Gasteiger partial charge in [0.25, 0.3) is 5.91 Å². The number of carbonyl (C=O) groups is 5. The average Bonchev–Trinajstić information content (AvgIpc) is 4.10. The van der Waals surface area contributed by atoms with Gasteiger partial charge in [-0.05, 0) is 99.2 Å². The van der Waals surface area contributed by atoms with Gasteiger partial charge in [0, 0.05) is 56.5 Å². The molecule has 380 valence electrons. The van der Waals surface area contributed by atoms with Crippen LogP contribution in [-0.2, 0) is 23.9 Å². The molecule has 1 saturated carbocycles. The lowest BCUT2D eigenvalue weighted by atomic mass is 9.84. The highest BCUT2D eigenvalue weighted by atomic mass is 19.4. The summed E-state index contributed by atoms with van der Waals surface area (Å²) in [7, 11) is 2.71. The van der Waals surface area contributed by atoms with Crippen LogP contribution in [0.15, 0.2) is 67.0 Å². The number of alkyl carbamates (subject to hydrolysis) is 1. The normalized spacial score (nSPS) is 22.8. The molecule has 4 aromatic rings. The highest BCUT2D eigenvalue weighted by Gasteiger charge is 2.50. The van der Waals surface area contributed by atoms with Crippen LogP contribution < -0.4 is 20.3 Å². The lowest BCUT2D eigenvalue weighted by molar-refractivity contribution is -0.274. The van der Waals surface area contributed by atoms with Gasteiger partial charge in [-0.2, -0.15) is 0 Å². The number of anilines is 2. The number of hydrogen-bond acceptors (Lipinski definition) is 11. The largest absolute Gasteiger partial charge is 0.573 e. The summed E-state index contributed by atoms with van der Waals surface area (Å²) in [5.41, 5.74) is 1.15. The number of aromatic nitrogens is 3. The number of hydrogen-bond donors (Lipinski definition) is 3. The second-order valence-corrected chi connectivity index (χ2v) is 19.5. The maximum Gasteiger partial charge on any atom is 0.573 e. The number of H-pyrrole nitrogens is 1. The first kappa shape index (κ1) is 50.7. The Morgan fingerprint density at radius 2 is 1.66 bits per heavy atom. The molecule has 0 radical (unpaired) electrons. The number of benzene rings is 2. The molecule has 2 aromatic carbocycles. The third-order valence-corrected chi connectivity index (χ3v) is 14.5. The van der Waals surface area contributed by atoms with Crippen LogP contribution in [0.3, 0.4) is 0 Å². The molecule has 5 heterocycles. The molecule has 0 bridgehead atoms. The van der Waals surface area contributed by atoms with Gasteiger partial charge in [0.05, 0.1) is 36.9 Å². The van der Waals surface area contributed by atoms with Gasteiger partial charge in [0.2, 0.25) is 17.7 Å². The zero-order valence-corrected chi connectivity index (χ0v) is 40.9. The number of halogens is 3. The van der Waals surface area contributed by atoms with Gasteiger partial charge >= 0.3 is 12.5 Å². The molecular weight excluding hydrogens is 924 g/mol. The minimum atomic E-state index is -5.05. The summed E-state index contributed by atoms with van der Waals surface area (Å²) in [6.45, 7) is 9.28. The number of nitrogens with zero attached hydrogens (tertiary/aromatic N) is 6. The lowest BCUT2D eigenvalue weighted by Crippen LogP contribution is -2.62. The Kier molecular flexibility index (Phi) is 15.0. The number of methoxy groups -OCH3 is 2. The van der Waals surface area contributed by atoms with Gasteiger partial charge in [-0.1, -0.05) is 51.0 Å². The first-order valence-corrected chi connectivity index (χ1v) is 24.2. The van der Waals surface area contributed by atoms with Crippen LogP contribution in [0, 0.1) is 11.8 Å². The van der Waals surface area contributed by atoms with Crippen molar-refractivity contribution in [3.8, 4) is 28.1 Å². The number of carbonyl (C=O) groups excluding carboxylic acids is 5. The van der Waals surface area contributed by atoms with Gasteiger partial charge < -0.3 is 49.4 Å². The first-order chi connectivity index (χ1) is 33.9. The number of imidazole rings is 1. The second-order valence-electron chi connectivity index (χ2n) is 19.5. The van der Waals surface area contributed by atoms with E-state index in [2.05, 4.69) is 30.2 Å². The van der Waals surface area contributed by atoms with Crippen molar-refractivity contribution in [3.05, 3.63) is 78.4 Å². The molecule has 3 saturated heterocycles. The Bertz CT molecular complexity index is 2590. The summed E-state index contributed by atoms with van der Waals surface area (Å²) >= 11 is 0. The van der Waals surface area contributed by atoms with E-state index in [-0.39, 0.29) is 65.4 Å². The summed E-state index contributed by atoms with van der Waals surface area (Å²) in [5.74, 6) is -0.424. The van der Waals surface area contributed by atoms with E-state index in [1.165, 1.54) is 32.5 Å². The highest BCUT2D eigenvalue weighted by molar-refractivity contribution is 6.05. The molecule has 8 rings (SSSR count). The topological polar surface area (TPSA) is 192 Å². The molecule has 0 unspecified atom stereocenters. The van der Waals surface area contributed by atoms with Crippen LogP contribution in [0.5, 0.6) is 5.75 Å². The Hall–Kier alpha value is -6.70. The van der Waals surface area contributed by atoms with Crippen LogP contribution in [0.2, 0.25) is 0 Å². The molecular formula is C51H62F3N9O8. The second kappa shape index (κ2) is 20.9. The highest BCUT2D eigenvalue weighted by Crippen LogP contribution is 2.47. The summed E-state index contributed by atoms with van der Waals surface area (Å²) in [6, 6.07) is 12.8. The number of alkyl halides is 3. The minimum absolute atomic E-state index is 0.00725. The molecule has 5 amide bonds. The number of aromatic amines is 1. The third-order valence-electron chi connectivity index (χ3n) is 14.5. The number of rotatable bonds is 13. The number of pyridine rings is 1. The van der Waals surface area contributed by atoms with Gasteiger partial charge in [0.1, 0.15) is 35.6 Å². The van der Waals surface area contributed by atoms with E-state index in [1.54, 1.807) is 52.4 Å². The molecule has 17 nitrogen and oxygen atoms in total. The fourth-order valence-electron chi connectivity index (χ4n) is 10.9. The van der Waals surface area contributed by atoms with Crippen LogP contribution in [-0.4, -0.2) is 136 Å². The quantitative estimate of drug-likeness (QED) is 0.120. The molecule has 6 atom stereocenters. The number of ether oxygens (including phenoxy) is 3. The van der Waals surface area contributed by atoms with Gasteiger partial charge in [-0.15, -0.1) is 13.2 Å². The molecule has 71 heavy (non-hydrogen) atoms. The van der Waals surface area contributed by atoms with Crippen LogP contribution in [0.1, 0.15) is 94.9 Å². The summed E-state index contributed by atoms with van der Waals surface area (Å²) < 4.78 is 56.0. The van der Waals surface area contributed by atoms with Crippen molar-refractivity contribution in [1.29, 1.82) is 0 Å². The molecule has 20 heteroatoms. The fraction of sp³-hybridized carbons (Fsp3) is 0.510. The third kappa shape index (κ3) is 10.8. The van der Waals surface area contributed by atoms with Gasteiger partial charge in [-0.25, -0.2) is 14.8 Å². The predicted octanol–water partition coefficient (Wildman–Crippen LogP) is 7.57. The maximum atomic E-state index is 14.2. The van der Waals surface area contributed by atoms with E-state index in [9.17, 15) is 37.1 Å². The Morgan fingerprint density at radius 3 is 2.34 bits per heavy atom. The molecule has 0 spiro atoms. The predicted molar refractivity (Wildman–Crippen MR) is 257 cm³/mol. The average molecular weight is 986 g/mol. The van der Waals surface area contributed by atoms with Crippen molar-refractivity contribution in [3.63, 3.8) is 0 Å². The monoisotopic (exact) mass is 985 g/mol. The van der Waals surface area contributed by atoms with Crippen molar-refractivity contribution in [1.82, 2.24) is 35.0 Å². The van der Waals surface area contributed by atoms with Crippen LogP contribution in [0.25, 0.3) is 22.4 Å². The number of nitrogens with one attached hydrogen (secondary N) is 3. The molecule has 2 aromatic heterocycles. The Labute approximate surface area is 410 Å². The molecule has 3 aliphatic heterocycles. The fourth-order valence-corrected chi connectivity index (χ4v) is 10.9. The van der Waals surface area contributed by atoms with Crippen molar-refractivity contribution >= 4 is 41.2 Å². The van der Waals surface area contributed by atoms with E-state index < -0.39 is 35.7 Å². The van der Waals surface area contributed by atoms with Crippen molar-refractivity contribution in [2.75, 3.05) is 57.2 Å². The number of likely N-dealkylation sites (tertiary alicyclic amines) is 2. The zero-order valence-electron chi connectivity index (χ0n) is 40.9. The molecule has 4 fully saturated rings. The summed E-state index contributed by atoms with van der Waals surface area (Å²) in [4.78, 5) is 86.6. The maximum absolute atomic E-state index is 14.2. The van der Waals surface area contributed by atoms with E-state index >= 15 is 0 Å². The van der Waals surface area contributed by atoms with Gasteiger partial charge in [0.15, 0.2) is 0 Å². The number of amides is 5. The van der Waals surface area contributed by atoms with E-state index in [0.717, 1.165) is 44.6 Å². The van der Waals surface area contributed by atoms with E-state index in [0.29, 0.717) is 66.8 Å². The van der Waals surface area contributed by atoms with Crippen molar-refractivity contribution < 1.29 is 51.4 Å². The summed E-state index contributed by atoms with van der Waals surface area (Å²) in [6.07, 6.45) is 3.34. The van der Waals surface area contributed by atoms with Crippen LogP contribution in [0.4, 0.5) is 29.5 Å². The number of piperazine rings is 1. The Balaban J connectivity index is 0.932. The molecule has 3 N–H and O–H groups in total. The van der Waals surface area contributed by atoms with Gasteiger partial charge in [-0.3, -0.25) is 19.2 Å². The minimum Gasteiger partial charge on any atom is -0.453 e. The van der Waals surface area contributed by atoms with Crippen LogP contribution >= 0.6 is 0 Å². The standard InChI is InChI=1S/C51H62F3N9O8/c1-30(2)44(59-49(68)70-6)47(66)63-39-11-8-7-10-34(39)24-40(63)45-56-27-38(58-45)33-14-12-32(13-15-33)37-18-16-35(25-41(37)71-51(52,53)54)46(65)57-36-17-19-42(55-26-36)61-23-22-60(28-31(61)3)48(67)50(4)20-9-21-62(50)43(64)29-69-5/h12-19,25-27,30-31,34,39-40,44H,7-11,20-24,28-29H2,1-6H3,(H,56,58)(H,57,65)(H,59,68)/t31-,34+,39+,40+,44+,50+/m1/s1. The van der Waals surface area contributed by atoms with Crippen molar-refractivity contribution in [2.24, 2.45) is 11.8 Å². The zero-order chi connectivity index (χ0) is 50.8. The Morgan fingerprint density at radius 1 is 0.915 bits per heavy atom. The SMILES string of the molecule is COCC(=O)N1CCC[C@@]1(C)C(=O)N1CCN(c2ccc(NC(=O)c3ccc(-c4ccc(-c5cnc([C@@H]6C[C@@H]7CCCC[C@@H]7N6C(=O)[C@@H](NC(=O)OC)C(C)C)[nH]5)cc4)c(OC(F)(F)F)c3)cn2)[C@H](C)C1. The van der Waals surface area contributed by atoms with E-state index in [4.69, 9.17) is 14.5 Å². The molecule has 4 aliphatic rings.